The maximum atomic E-state index is 11.9. The van der Waals surface area contributed by atoms with E-state index in [1.807, 2.05) is 6.92 Å². The van der Waals surface area contributed by atoms with Gasteiger partial charge < -0.3 is 14.2 Å². The number of hydrogen-bond donors (Lipinski definition) is 2. The fraction of sp³-hybridized carbons (Fsp3) is 0.385. The molecule has 0 spiro atoms. The van der Waals surface area contributed by atoms with Crippen LogP contribution in [0.4, 0.5) is 6.01 Å². The third-order valence-electron chi connectivity index (χ3n) is 3.24. The van der Waals surface area contributed by atoms with Gasteiger partial charge in [0.2, 0.25) is 5.91 Å². The maximum Gasteiger partial charge on any atom is 0.322 e. The van der Waals surface area contributed by atoms with Crippen molar-refractivity contribution < 1.29 is 18.4 Å². The monoisotopic (exact) mass is 290 g/mol. The number of amides is 2. The van der Waals surface area contributed by atoms with Crippen LogP contribution in [0.1, 0.15) is 24.4 Å². The Labute approximate surface area is 119 Å². The zero-order valence-electron chi connectivity index (χ0n) is 11.6. The molecule has 21 heavy (non-hydrogen) atoms. The number of aryl methyl sites for hydroxylation is 2. The summed E-state index contributed by atoms with van der Waals surface area (Å²) >= 11 is 0. The number of furan rings is 1. The van der Waals surface area contributed by atoms with Crippen LogP contribution in [0.25, 0.3) is 11.5 Å². The van der Waals surface area contributed by atoms with E-state index in [9.17, 15) is 9.59 Å². The Morgan fingerprint density at radius 1 is 1.38 bits per heavy atom. The van der Waals surface area contributed by atoms with Gasteiger partial charge in [-0.2, -0.15) is 0 Å². The number of nitrogens with zero attached hydrogens (tertiary/aromatic N) is 2. The Morgan fingerprint density at radius 3 is 2.81 bits per heavy atom. The Bertz CT molecular complexity index is 703. The zero-order valence-corrected chi connectivity index (χ0v) is 11.6. The normalized spacial score (nSPS) is 17.8. The van der Waals surface area contributed by atoms with Gasteiger partial charge >= 0.3 is 6.01 Å². The molecule has 0 bridgehead atoms. The molecular weight excluding hydrogens is 276 g/mol. The number of nitrogens with one attached hydrogen (secondary N) is 2. The van der Waals surface area contributed by atoms with Gasteiger partial charge in [0.1, 0.15) is 17.6 Å². The average Bonchev–Trinajstić information content (AvgIpc) is 3.10. The van der Waals surface area contributed by atoms with Crippen LogP contribution in [0.2, 0.25) is 0 Å². The van der Waals surface area contributed by atoms with Gasteiger partial charge in [0.25, 0.3) is 11.8 Å². The van der Waals surface area contributed by atoms with Crippen molar-refractivity contribution in [3.8, 4) is 11.5 Å². The molecule has 2 aromatic heterocycles. The average molecular weight is 290 g/mol. The Morgan fingerprint density at radius 2 is 2.19 bits per heavy atom. The molecule has 1 unspecified atom stereocenters. The van der Waals surface area contributed by atoms with Crippen molar-refractivity contribution in [2.24, 2.45) is 0 Å². The lowest BCUT2D eigenvalue weighted by Gasteiger charge is -2.07. The minimum Gasteiger partial charge on any atom is -0.466 e. The smallest absolute Gasteiger partial charge is 0.322 e. The summed E-state index contributed by atoms with van der Waals surface area (Å²) in [5, 5.41) is 12.7. The van der Waals surface area contributed by atoms with Gasteiger partial charge in [0.05, 0.1) is 5.56 Å². The second-order valence-electron chi connectivity index (χ2n) is 4.89. The second kappa shape index (κ2) is 5.04. The quantitative estimate of drug-likeness (QED) is 0.877. The van der Waals surface area contributed by atoms with Crippen LogP contribution in [0.5, 0.6) is 0 Å². The van der Waals surface area contributed by atoms with E-state index in [1.165, 1.54) is 0 Å². The Kier molecular flexibility index (Phi) is 3.20. The van der Waals surface area contributed by atoms with Crippen molar-refractivity contribution in [1.29, 1.82) is 0 Å². The van der Waals surface area contributed by atoms with Crippen LogP contribution < -0.4 is 10.6 Å². The van der Waals surface area contributed by atoms with Crippen LogP contribution in [-0.2, 0) is 9.59 Å². The molecule has 8 nitrogen and oxygen atoms in total. The lowest BCUT2D eigenvalue weighted by molar-refractivity contribution is -0.122. The van der Waals surface area contributed by atoms with E-state index >= 15 is 0 Å². The van der Waals surface area contributed by atoms with Crippen molar-refractivity contribution in [3.63, 3.8) is 0 Å². The number of carbonyl (C=O) groups is 2. The van der Waals surface area contributed by atoms with Crippen LogP contribution in [-0.4, -0.2) is 28.1 Å². The van der Waals surface area contributed by atoms with E-state index in [4.69, 9.17) is 8.83 Å². The van der Waals surface area contributed by atoms with E-state index in [1.54, 1.807) is 13.0 Å². The molecule has 0 radical (unpaired) electrons. The number of carbonyl (C=O) groups excluding carboxylic acids is 2. The molecule has 1 aliphatic rings. The minimum absolute atomic E-state index is 0.00518. The lowest BCUT2D eigenvalue weighted by atomic mass is 10.2. The van der Waals surface area contributed by atoms with Gasteiger partial charge in [-0.05, 0) is 26.3 Å². The molecule has 2 amide bonds. The maximum absolute atomic E-state index is 11.9. The van der Waals surface area contributed by atoms with Crippen LogP contribution in [0, 0.1) is 13.8 Å². The summed E-state index contributed by atoms with van der Waals surface area (Å²) in [7, 11) is 0. The largest absolute Gasteiger partial charge is 0.466 e. The molecule has 3 heterocycles. The number of anilines is 1. The fourth-order valence-corrected chi connectivity index (χ4v) is 2.23. The molecule has 8 heteroatoms. The third-order valence-corrected chi connectivity index (χ3v) is 3.24. The standard InChI is InChI=1S/C13H14N4O4/c1-6-5-8(7(2)20-6)12-16-17-13(21-12)15-11(19)9-3-4-10(18)14-9/h5,9H,3-4H2,1-2H3,(H,14,18)(H,15,17,19). The molecule has 1 saturated heterocycles. The molecule has 0 aromatic carbocycles. The van der Waals surface area contributed by atoms with E-state index in [2.05, 4.69) is 20.8 Å². The van der Waals surface area contributed by atoms with Gasteiger partial charge in [0.15, 0.2) is 0 Å². The summed E-state index contributed by atoms with van der Waals surface area (Å²) in [5.41, 5.74) is 0.690. The second-order valence-corrected chi connectivity index (χ2v) is 4.89. The first-order chi connectivity index (χ1) is 10.0. The number of rotatable bonds is 3. The topological polar surface area (TPSA) is 110 Å². The van der Waals surface area contributed by atoms with Crippen molar-refractivity contribution in [2.75, 3.05) is 5.32 Å². The highest BCUT2D eigenvalue weighted by Gasteiger charge is 2.28. The fourth-order valence-electron chi connectivity index (χ4n) is 2.23. The van der Waals surface area contributed by atoms with Gasteiger partial charge in [-0.3, -0.25) is 14.9 Å². The Balaban J connectivity index is 1.72. The first kappa shape index (κ1) is 13.3. The Hall–Kier alpha value is -2.64. The number of aromatic nitrogens is 2. The summed E-state index contributed by atoms with van der Waals surface area (Å²) < 4.78 is 10.8. The minimum atomic E-state index is -0.550. The molecule has 1 aliphatic heterocycles. The number of hydrogen-bond acceptors (Lipinski definition) is 6. The lowest BCUT2D eigenvalue weighted by Crippen LogP contribution is -2.37. The van der Waals surface area contributed by atoms with E-state index in [-0.39, 0.29) is 23.7 Å². The van der Waals surface area contributed by atoms with Crippen LogP contribution >= 0.6 is 0 Å². The molecule has 2 N–H and O–H groups in total. The van der Waals surface area contributed by atoms with Crippen molar-refractivity contribution in [2.45, 2.75) is 32.7 Å². The van der Waals surface area contributed by atoms with Crippen molar-refractivity contribution >= 4 is 17.8 Å². The molecular formula is C13H14N4O4. The SMILES string of the molecule is Cc1cc(-c2nnc(NC(=O)C3CCC(=O)N3)o2)c(C)o1. The third kappa shape index (κ3) is 2.64. The molecule has 110 valence electrons. The van der Waals surface area contributed by atoms with E-state index in [0.29, 0.717) is 24.2 Å². The predicted molar refractivity (Wildman–Crippen MR) is 71.3 cm³/mol. The highest BCUT2D eigenvalue weighted by molar-refractivity contribution is 5.97. The molecule has 2 aromatic rings. The summed E-state index contributed by atoms with van der Waals surface area (Å²) in [6, 6.07) is 1.23. The van der Waals surface area contributed by atoms with Gasteiger partial charge in [-0.15, -0.1) is 5.10 Å². The molecule has 1 atom stereocenters. The molecule has 1 fully saturated rings. The van der Waals surface area contributed by atoms with Gasteiger partial charge in [-0.25, -0.2) is 0 Å². The van der Waals surface area contributed by atoms with Crippen molar-refractivity contribution in [3.05, 3.63) is 17.6 Å². The zero-order chi connectivity index (χ0) is 15.0. The molecule has 0 aliphatic carbocycles. The first-order valence-corrected chi connectivity index (χ1v) is 6.54. The summed E-state index contributed by atoms with van der Waals surface area (Å²) in [5.74, 6) is 1.18. The predicted octanol–water partition coefficient (Wildman–Crippen LogP) is 1.16. The van der Waals surface area contributed by atoms with Crippen molar-refractivity contribution in [1.82, 2.24) is 15.5 Å². The highest BCUT2D eigenvalue weighted by Crippen LogP contribution is 2.26. The van der Waals surface area contributed by atoms with Crippen LogP contribution in [0.15, 0.2) is 14.9 Å². The molecule has 0 saturated carbocycles. The van der Waals surface area contributed by atoms with Gasteiger partial charge in [0, 0.05) is 6.42 Å². The summed E-state index contributed by atoms with van der Waals surface area (Å²) in [6.45, 7) is 3.61. The first-order valence-electron chi connectivity index (χ1n) is 6.54. The summed E-state index contributed by atoms with van der Waals surface area (Å²) in [4.78, 5) is 23.0. The molecule has 3 rings (SSSR count). The van der Waals surface area contributed by atoms with Gasteiger partial charge in [-0.1, -0.05) is 5.10 Å². The summed E-state index contributed by atoms with van der Waals surface area (Å²) in [6.07, 6.45) is 0.812. The van der Waals surface area contributed by atoms with Crippen LogP contribution in [0.3, 0.4) is 0 Å². The van der Waals surface area contributed by atoms with E-state index in [0.717, 1.165) is 5.76 Å². The van der Waals surface area contributed by atoms with E-state index < -0.39 is 6.04 Å². The highest BCUT2D eigenvalue weighted by atomic mass is 16.4.